The maximum absolute atomic E-state index is 13.8. The van der Waals surface area contributed by atoms with Gasteiger partial charge in [0.2, 0.25) is 0 Å². The molecular weight excluding hydrogens is 271 g/mol. The van der Waals surface area contributed by atoms with Crippen LogP contribution in [-0.2, 0) is 0 Å². The fraction of sp³-hybridized carbons (Fsp3) is 0.333. The lowest BCUT2D eigenvalue weighted by Crippen LogP contribution is -2.05. The fourth-order valence-corrected chi connectivity index (χ4v) is 1.91. The summed E-state index contributed by atoms with van der Waals surface area (Å²) in [7, 11) is 0. The summed E-state index contributed by atoms with van der Waals surface area (Å²) < 4.78 is 19.0. The molecule has 0 saturated carbocycles. The number of anilines is 3. The molecule has 5 nitrogen and oxygen atoms in total. The lowest BCUT2D eigenvalue weighted by molar-refractivity contribution is 0.321. The molecule has 1 aromatic carbocycles. The van der Waals surface area contributed by atoms with E-state index in [1.54, 1.807) is 12.1 Å². The maximum atomic E-state index is 13.8. The Morgan fingerprint density at radius 3 is 2.62 bits per heavy atom. The molecule has 0 radical (unpaired) electrons. The maximum Gasteiger partial charge on any atom is 0.167 e. The normalized spacial score (nSPS) is 10.3. The third-order valence-electron chi connectivity index (χ3n) is 2.92. The highest BCUT2D eigenvalue weighted by Crippen LogP contribution is 2.26. The van der Waals surface area contributed by atoms with Crippen molar-refractivity contribution in [2.75, 3.05) is 23.8 Å². The van der Waals surface area contributed by atoms with Crippen LogP contribution in [0.1, 0.15) is 19.4 Å². The SMILES string of the molecule is CCNc1ncnc(Nc2ccc(OCC)c(F)c2)c1C. The second kappa shape index (κ2) is 6.88. The lowest BCUT2D eigenvalue weighted by atomic mass is 10.2. The molecule has 0 unspecified atom stereocenters. The van der Waals surface area contributed by atoms with Gasteiger partial charge in [-0.05, 0) is 32.9 Å². The van der Waals surface area contributed by atoms with Crippen LogP contribution in [0.4, 0.5) is 21.7 Å². The number of hydrogen-bond donors (Lipinski definition) is 2. The number of rotatable bonds is 6. The zero-order chi connectivity index (χ0) is 15.2. The Kier molecular flexibility index (Phi) is 4.92. The molecule has 2 aromatic rings. The minimum atomic E-state index is -0.402. The summed E-state index contributed by atoms with van der Waals surface area (Å²) in [5.41, 5.74) is 1.49. The van der Waals surface area contributed by atoms with E-state index in [1.807, 2.05) is 20.8 Å². The third-order valence-corrected chi connectivity index (χ3v) is 2.92. The zero-order valence-corrected chi connectivity index (χ0v) is 12.4. The zero-order valence-electron chi connectivity index (χ0n) is 12.4. The molecule has 6 heteroatoms. The van der Waals surface area contributed by atoms with Crippen LogP contribution in [0.15, 0.2) is 24.5 Å². The number of aromatic nitrogens is 2. The van der Waals surface area contributed by atoms with Crippen molar-refractivity contribution >= 4 is 17.3 Å². The predicted octanol–water partition coefficient (Wildman–Crippen LogP) is 3.50. The van der Waals surface area contributed by atoms with Crippen molar-refractivity contribution in [2.45, 2.75) is 20.8 Å². The standard InChI is InChI=1S/C15H19FN4O/c1-4-17-14-10(3)15(19-9-18-14)20-11-6-7-13(21-5-2)12(16)8-11/h6-9H,4-5H2,1-3H3,(H2,17,18,19,20). The molecule has 0 saturated heterocycles. The van der Waals surface area contributed by atoms with Gasteiger partial charge in [-0.15, -0.1) is 0 Å². The van der Waals surface area contributed by atoms with Crippen LogP contribution < -0.4 is 15.4 Å². The molecule has 0 aliphatic carbocycles. The van der Waals surface area contributed by atoms with E-state index in [0.717, 1.165) is 17.9 Å². The second-order valence-corrected chi connectivity index (χ2v) is 4.43. The Labute approximate surface area is 123 Å². The van der Waals surface area contributed by atoms with Crippen LogP contribution in [0.5, 0.6) is 5.75 Å². The van der Waals surface area contributed by atoms with E-state index in [4.69, 9.17) is 4.74 Å². The molecule has 21 heavy (non-hydrogen) atoms. The Bertz CT molecular complexity index is 619. The first-order valence-corrected chi connectivity index (χ1v) is 6.90. The molecule has 0 fully saturated rings. The van der Waals surface area contributed by atoms with Crippen LogP contribution >= 0.6 is 0 Å². The number of halogens is 1. The Hall–Kier alpha value is -2.37. The van der Waals surface area contributed by atoms with Gasteiger partial charge in [0.05, 0.1) is 6.61 Å². The molecule has 0 spiro atoms. The summed E-state index contributed by atoms with van der Waals surface area (Å²) in [4.78, 5) is 8.36. The van der Waals surface area contributed by atoms with E-state index in [0.29, 0.717) is 18.1 Å². The second-order valence-electron chi connectivity index (χ2n) is 4.43. The summed E-state index contributed by atoms with van der Waals surface area (Å²) in [6.45, 7) is 6.93. The third kappa shape index (κ3) is 3.59. The van der Waals surface area contributed by atoms with Crippen LogP contribution in [-0.4, -0.2) is 23.1 Å². The van der Waals surface area contributed by atoms with Crippen molar-refractivity contribution in [3.8, 4) is 5.75 Å². The van der Waals surface area contributed by atoms with Crippen molar-refractivity contribution in [1.82, 2.24) is 9.97 Å². The predicted molar refractivity (Wildman–Crippen MR) is 81.8 cm³/mol. The number of benzene rings is 1. The number of hydrogen-bond acceptors (Lipinski definition) is 5. The average molecular weight is 290 g/mol. The van der Waals surface area contributed by atoms with Crippen LogP contribution in [0, 0.1) is 12.7 Å². The minimum Gasteiger partial charge on any atom is -0.491 e. The summed E-state index contributed by atoms with van der Waals surface area (Å²) in [5, 5.41) is 6.25. The summed E-state index contributed by atoms with van der Waals surface area (Å²) in [5.74, 6) is 1.25. The van der Waals surface area contributed by atoms with Gasteiger partial charge in [-0.25, -0.2) is 14.4 Å². The summed E-state index contributed by atoms with van der Waals surface area (Å²) in [6, 6.07) is 4.74. The smallest absolute Gasteiger partial charge is 0.167 e. The van der Waals surface area contributed by atoms with Gasteiger partial charge < -0.3 is 15.4 Å². The summed E-state index contributed by atoms with van der Waals surface area (Å²) >= 11 is 0. The Morgan fingerprint density at radius 1 is 1.19 bits per heavy atom. The number of nitrogens with one attached hydrogen (secondary N) is 2. The highest BCUT2D eigenvalue weighted by Gasteiger charge is 2.09. The van der Waals surface area contributed by atoms with E-state index in [2.05, 4.69) is 20.6 Å². The Balaban J connectivity index is 2.22. The first-order chi connectivity index (χ1) is 10.2. The number of ether oxygens (including phenoxy) is 1. The van der Waals surface area contributed by atoms with Crippen molar-refractivity contribution in [1.29, 1.82) is 0 Å². The van der Waals surface area contributed by atoms with Gasteiger partial charge in [0, 0.05) is 23.9 Å². The van der Waals surface area contributed by atoms with Crippen molar-refractivity contribution < 1.29 is 9.13 Å². The lowest BCUT2D eigenvalue weighted by Gasteiger charge is -2.12. The first-order valence-electron chi connectivity index (χ1n) is 6.90. The van der Waals surface area contributed by atoms with E-state index >= 15 is 0 Å². The van der Waals surface area contributed by atoms with E-state index in [9.17, 15) is 4.39 Å². The molecule has 112 valence electrons. The van der Waals surface area contributed by atoms with Gasteiger partial charge in [0.25, 0.3) is 0 Å². The fourth-order valence-electron chi connectivity index (χ4n) is 1.91. The van der Waals surface area contributed by atoms with Crippen molar-refractivity contribution in [3.63, 3.8) is 0 Å². The van der Waals surface area contributed by atoms with Crippen LogP contribution in [0.25, 0.3) is 0 Å². The minimum absolute atomic E-state index is 0.246. The monoisotopic (exact) mass is 290 g/mol. The highest BCUT2D eigenvalue weighted by molar-refractivity contribution is 5.64. The Morgan fingerprint density at radius 2 is 1.95 bits per heavy atom. The van der Waals surface area contributed by atoms with Crippen molar-refractivity contribution in [2.24, 2.45) is 0 Å². The van der Waals surface area contributed by atoms with E-state index in [1.165, 1.54) is 12.4 Å². The van der Waals surface area contributed by atoms with Gasteiger partial charge in [-0.3, -0.25) is 0 Å². The molecule has 0 atom stereocenters. The molecule has 0 aliphatic heterocycles. The summed E-state index contributed by atoms with van der Waals surface area (Å²) in [6.07, 6.45) is 1.47. The van der Waals surface area contributed by atoms with E-state index < -0.39 is 5.82 Å². The molecule has 1 aromatic heterocycles. The van der Waals surface area contributed by atoms with Gasteiger partial charge in [-0.1, -0.05) is 0 Å². The van der Waals surface area contributed by atoms with E-state index in [-0.39, 0.29) is 5.75 Å². The van der Waals surface area contributed by atoms with Crippen molar-refractivity contribution in [3.05, 3.63) is 35.9 Å². The largest absolute Gasteiger partial charge is 0.491 e. The molecule has 0 bridgehead atoms. The van der Waals surface area contributed by atoms with Gasteiger partial charge in [0.1, 0.15) is 18.0 Å². The first kappa shape index (κ1) is 15.0. The van der Waals surface area contributed by atoms with Gasteiger partial charge in [0.15, 0.2) is 11.6 Å². The molecule has 0 aliphatic rings. The molecule has 2 rings (SSSR count). The van der Waals surface area contributed by atoms with Crippen LogP contribution in [0.3, 0.4) is 0 Å². The molecule has 1 heterocycles. The molecular formula is C15H19FN4O. The molecule has 0 amide bonds. The molecule has 2 N–H and O–H groups in total. The van der Waals surface area contributed by atoms with Gasteiger partial charge in [-0.2, -0.15) is 0 Å². The van der Waals surface area contributed by atoms with Gasteiger partial charge >= 0.3 is 0 Å². The highest BCUT2D eigenvalue weighted by atomic mass is 19.1. The average Bonchev–Trinajstić information content (AvgIpc) is 2.46. The number of nitrogens with zero attached hydrogens (tertiary/aromatic N) is 2. The quantitative estimate of drug-likeness (QED) is 0.852. The topological polar surface area (TPSA) is 59.1 Å². The van der Waals surface area contributed by atoms with Crippen LogP contribution in [0.2, 0.25) is 0 Å².